The highest BCUT2D eigenvalue weighted by molar-refractivity contribution is 7.12. The van der Waals surface area contributed by atoms with Crippen molar-refractivity contribution in [3.8, 4) is 0 Å². The molecule has 1 saturated carbocycles. The van der Waals surface area contributed by atoms with Crippen molar-refractivity contribution < 1.29 is 9.59 Å². The van der Waals surface area contributed by atoms with Gasteiger partial charge in [0.2, 0.25) is 5.91 Å². The second-order valence-corrected chi connectivity index (χ2v) is 8.98. The van der Waals surface area contributed by atoms with Gasteiger partial charge in [0.1, 0.15) is 0 Å². The summed E-state index contributed by atoms with van der Waals surface area (Å²) in [6.07, 6.45) is 7.30. The van der Waals surface area contributed by atoms with E-state index in [0.29, 0.717) is 11.8 Å². The first-order chi connectivity index (χ1) is 13.6. The van der Waals surface area contributed by atoms with Crippen molar-refractivity contribution in [1.29, 1.82) is 0 Å². The second kappa shape index (κ2) is 8.47. The number of hydrogen-bond donors (Lipinski definition) is 2. The van der Waals surface area contributed by atoms with Gasteiger partial charge >= 0.3 is 0 Å². The van der Waals surface area contributed by atoms with E-state index in [-0.39, 0.29) is 17.9 Å². The van der Waals surface area contributed by atoms with Crippen LogP contribution in [0.25, 0.3) is 0 Å². The summed E-state index contributed by atoms with van der Waals surface area (Å²) in [6, 6.07) is 4.20. The number of carbonyl (C=O) groups is 2. The Kier molecular flexibility index (Phi) is 5.80. The molecule has 0 aromatic carbocycles. The van der Waals surface area contributed by atoms with Crippen molar-refractivity contribution in [2.45, 2.75) is 57.4 Å². The Labute approximate surface area is 169 Å². The van der Waals surface area contributed by atoms with E-state index in [1.54, 1.807) is 6.20 Å². The van der Waals surface area contributed by atoms with E-state index in [4.69, 9.17) is 0 Å². The molecule has 7 heteroatoms. The molecule has 0 spiro atoms. The van der Waals surface area contributed by atoms with Crippen molar-refractivity contribution >= 4 is 23.2 Å². The smallest absolute Gasteiger partial charge is 0.261 e. The van der Waals surface area contributed by atoms with Crippen LogP contribution in [0.15, 0.2) is 23.7 Å². The first-order valence-electron chi connectivity index (χ1n) is 10.2. The topological polar surface area (TPSA) is 78.1 Å². The lowest BCUT2D eigenvalue weighted by Crippen LogP contribution is -2.44. The fourth-order valence-electron chi connectivity index (χ4n) is 4.50. The molecule has 1 aliphatic carbocycles. The Morgan fingerprint density at radius 3 is 2.50 bits per heavy atom. The fourth-order valence-corrected chi connectivity index (χ4v) is 5.33. The van der Waals surface area contributed by atoms with E-state index in [1.807, 2.05) is 29.3 Å². The third-order valence-electron chi connectivity index (χ3n) is 6.25. The Hall–Kier alpha value is -2.15. The number of thiophene rings is 1. The van der Waals surface area contributed by atoms with Gasteiger partial charge in [-0.2, -0.15) is 5.10 Å². The van der Waals surface area contributed by atoms with E-state index < -0.39 is 0 Å². The zero-order valence-electron chi connectivity index (χ0n) is 16.3. The maximum Gasteiger partial charge on any atom is 0.261 e. The molecule has 2 aliphatic rings. The molecule has 1 aliphatic heterocycles. The molecule has 28 heavy (non-hydrogen) atoms. The van der Waals surface area contributed by atoms with E-state index in [0.717, 1.165) is 62.1 Å². The van der Waals surface area contributed by atoms with Crippen LogP contribution in [0.5, 0.6) is 0 Å². The molecule has 2 aromatic heterocycles. The molecule has 3 heterocycles. The highest BCUT2D eigenvalue weighted by Crippen LogP contribution is 2.31. The zero-order valence-corrected chi connectivity index (χ0v) is 17.1. The number of aromatic amines is 1. The molecule has 6 nitrogen and oxygen atoms in total. The van der Waals surface area contributed by atoms with Gasteiger partial charge in [-0.25, -0.2) is 0 Å². The predicted octanol–water partition coefficient (Wildman–Crippen LogP) is 3.47. The summed E-state index contributed by atoms with van der Waals surface area (Å²) in [4.78, 5) is 28.2. The Morgan fingerprint density at radius 1 is 1.14 bits per heavy atom. The molecule has 4 rings (SSSR count). The Morgan fingerprint density at radius 2 is 1.89 bits per heavy atom. The first kappa shape index (κ1) is 19.2. The van der Waals surface area contributed by atoms with E-state index in [2.05, 4.69) is 15.5 Å². The molecule has 2 amide bonds. The van der Waals surface area contributed by atoms with Crippen molar-refractivity contribution in [2.75, 3.05) is 13.1 Å². The summed E-state index contributed by atoms with van der Waals surface area (Å²) in [5, 5.41) is 12.2. The maximum atomic E-state index is 12.9. The first-order valence-corrected chi connectivity index (χ1v) is 11.1. The number of nitrogens with one attached hydrogen (secondary N) is 2. The van der Waals surface area contributed by atoms with Crippen molar-refractivity contribution in [2.24, 2.45) is 5.92 Å². The molecule has 0 unspecified atom stereocenters. The van der Waals surface area contributed by atoms with Crippen LogP contribution in [0.1, 0.15) is 65.4 Å². The number of H-pyrrole nitrogens is 1. The largest absolute Gasteiger partial charge is 0.349 e. The number of aromatic nitrogens is 2. The van der Waals surface area contributed by atoms with E-state index in [1.165, 1.54) is 17.0 Å². The zero-order chi connectivity index (χ0) is 19.5. The predicted molar refractivity (Wildman–Crippen MR) is 109 cm³/mol. The van der Waals surface area contributed by atoms with Crippen molar-refractivity contribution in [1.82, 2.24) is 20.4 Å². The number of hydrogen-bond acceptors (Lipinski definition) is 4. The van der Waals surface area contributed by atoms with Gasteiger partial charge in [-0.1, -0.05) is 0 Å². The molecule has 0 atom stereocenters. The monoisotopic (exact) mass is 400 g/mol. The maximum absolute atomic E-state index is 12.9. The van der Waals surface area contributed by atoms with Crippen molar-refractivity contribution in [3.05, 3.63) is 39.8 Å². The summed E-state index contributed by atoms with van der Waals surface area (Å²) >= 11 is 1.49. The third kappa shape index (κ3) is 4.14. The molecule has 2 N–H and O–H groups in total. The highest BCUT2D eigenvalue weighted by atomic mass is 32.1. The number of amides is 2. The van der Waals surface area contributed by atoms with Gasteiger partial charge in [0.05, 0.1) is 4.88 Å². The van der Waals surface area contributed by atoms with Crippen LogP contribution >= 0.6 is 11.3 Å². The van der Waals surface area contributed by atoms with Crippen LogP contribution in [0.3, 0.4) is 0 Å². The van der Waals surface area contributed by atoms with E-state index >= 15 is 0 Å². The standard InChI is InChI=1S/C21H28N4O2S/c1-14-9-13-28-19(14)20(26)23-17-4-2-16(3-5-17)21(27)25-11-7-15(8-12-25)18-6-10-22-24-18/h6,9-10,13,15-17H,2-5,7-8,11-12H2,1H3,(H,22,24)(H,23,26). The lowest BCUT2D eigenvalue weighted by Gasteiger charge is -2.36. The summed E-state index contributed by atoms with van der Waals surface area (Å²) in [5.74, 6) is 0.934. The number of rotatable bonds is 4. The van der Waals surface area contributed by atoms with Gasteiger partial charge in [-0.3, -0.25) is 14.7 Å². The van der Waals surface area contributed by atoms with Gasteiger partial charge < -0.3 is 10.2 Å². The number of likely N-dealkylation sites (tertiary alicyclic amines) is 1. The van der Waals surface area contributed by atoms with Crippen LogP contribution < -0.4 is 5.32 Å². The molecule has 0 bridgehead atoms. The Bertz CT molecular complexity index is 800. The van der Waals surface area contributed by atoms with Crippen LogP contribution in [-0.2, 0) is 4.79 Å². The van der Waals surface area contributed by atoms with Gasteiger partial charge in [0, 0.05) is 42.9 Å². The molecule has 1 saturated heterocycles. The average Bonchev–Trinajstić information content (AvgIpc) is 3.40. The minimum absolute atomic E-state index is 0.0307. The average molecular weight is 401 g/mol. The van der Waals surface area contributed by atoms with Crippen LogP contribution in [0.4, 0.5) is 0 Å². The van der Waals surface area contributed by atoms with Gasteiger partial charge in [-0.05, 0) is 68.5 Å². The van der Waals surface area contributed by atoms with Crippen LogP contribution in [0.2, 0.25) is 0 Å². The number of nitrogens with zero attached hydrogens (tertiary/aromatic N) is 2. The third-order valence-corrected chi connectivity index (χ3v) is 7.26. The highest BCUT2D eigenvalue weighted by Gasteiger charge is 2.32. The molecule has 150 valence electrons. The van der Waals surface area contributed by atoms with Crippen LogP contribution in [-0.4, -0.2) is 46.0 Å². The summed E-state index contributed by atoms with van der Waals surface area (Å²) in [6.45, 7) is 3.63. The fraction of sp³-hybridized carbons (Fsp3) is 0.571. The Balaban J connectivity index is 1.23. The number of aryl methyl sites for hydroxylation is 1. The molecule has 2 aromatic rings. The second-order valence-electron chi connectivity index (χ2n) is 8.07. The minimum atomic E-state index is 0.0307. The molecular weight excluding hydrogens is 372 g/mol. The summed E-state index contributed by atoms with van der Waals surface area (Å²) < 4.78 is 0. The molecular formula is C21H28N4O2S. The summed E-state index contributed by atoms with van der Waals surface area (Å²) in [5.41, 5.74) is 2.22. The molecule has 2 fully saturated rings. The lowest BCUT2D eigenvalue weighted by atomic mass is 9.84. The normalized spacial score (nSPS) is 23.5. The van der Waals surface area contributed by atoms with Gasteiger partial charge in [0.25, 0.3) is 5.91 Å². The van der Waals surface area contributed by atoms with E-state index in [9.17, 15) is 9.59 Å². The number of carbonyl (C=O) groups excluding carboxylic acids is 2. The minimum Gasteiger partial charge on any atom is -0.349 e. The van der Waals surface area contributed by atoms with Crippen LogP contribution in [0, 0.1) is 12.8 Å². The van der Waals surface area contributed by atoms with Gasteiger partial charge in [0.15, 0.2) is 0 Å². The SMILES string of the molecule is Cc1ccsc1C(=O)NC1CCC(C(=O)N2CCC(c3ccn[nH]3)CC2)CC1. The molecule has 0 radical (unpaired) electrons. The van der Waals surface area contributed by atoms with Gasteiger partial charge in [-0.15, -0.1) is 11.3 Å². The van der Waals surface area contributed by atoms with Crippen molar-refractivity contribution in [3.63, 3.8) is 0 Å². The number of piperidine rings is 1. The quantitative estimate of drug-likeness (QED) is 0.825. The lowest BCUT2D eigenvalue weighted by molar-refractivity contribution is -0.137. The summed E-state index contributed by atoms with van der Waals surface area (Å²) in [7, 11) is 0.